The number of piperidine rings is 1. The van der Waals surface area contributed by atoms with Crippen LogP contribution in [0.5, 0.6) is 0 Å². The van der Waals surface area contributed by atoms with Crippen molar-refractivity contribution in [1.82, 2.24) is 4.57 Å². The minimum Gasteiger partial charge on any atom is -0.386 e. The van der Waals surface area contributed by atoms with Crippen LogP contribution in [0.15, 0.2) is 0 Å². The zero-order valence-corrected chi connectivity index (χ0v) is 12.8. The van der Waals surface area contributed by atoms with E-state index in [-0.39, 0.29) is 13.0 Å². The summed E-state index contributed by atoms with van der Waals surface area (Å²) in [5.41, 5.74) is 0. The molecule has 1 atom stereocenters. The molecule has 1 heterocycles. The standard InChI is InChI=1S/C12H24F3NO2Si/c1-3-19(17-2,16-9-5-4-6-10-16)18-11-7-8-12(13,14)15/h3-11H2,1-2H3. The highest BCUT2D eigenvalue weighted by Crippen LogP contribution is 2.25. The highest BCUT2D eigenvalue weighted by molar-refractivity contribution is 6.64. The van der Waals surface area contributed by atoms with Crippen molar-refractivity contribution < 1.29 is 22.0 Å². The van der Waals surface area contributed by atoms with E-state index < -0.39 is 21.3 Å². The second-order valence-electron chi connectivity index (χ2n) is 4.89. The van der Waals surface area contributed by atoms with E-state index in [0.717, 1.165) is 32.0 Å². The highest BCUT2D eigenvalue weighted by atomic mass is 28.4. The van der Waals surface area contributed by atoms with E-state index >= 15 is 0 Å². The van der Waals surface area contributed by atoms with Crippen LogP contribution in [0, 0.1) is 0 Å². The summed E-state index contributed by atoms with van der Waals surface area (Å²) in [6, 6.07) is 0.746. The zero-order chi connectivity index (χ0) is 14.4. The first kappa shape index (κ1) is 16.9. The summed E-state index contributed by atoms with van der Waals surface area (Å²) < 4.78 is 50.0. The first-order valence-electron chi connectivity index (χ1n) is 6.94. The van der Waals surface area contributed by atoms with E-state index in [2.05, 4.69) is 4.57 Å². The molecule has 0 aliphatic carbocycles. The molecule has 0 bridgehead atoms. The molecule has 1 aliphatic heterocycles. The minimum absolute atomic E-state index is 0.00937. The summed E-state index contributed by atoms with van der Waals surface area (Å²) in [5, 5.41) is 0. The van der Waals surface area contributed by atoms with E-state index in [1.807, 2.05) is 6.92 Å². The van der Waals surface area contributed by atoms with Gasteiger partial charge in [-0.25, -0.2) is 0 Å². The Balaban J connectivity index is 2.46. The Labute approximate surface area is 114 Å². The second kappa shape index (κ2) is 7.61. The van der Waals surface area contributed by atoms with Crippen LogP contribution in [-0.2, 0) is 8.85 Å². The molecule has 0 radical (unpaired) electrons. The lowest BCUT2D eigenvalue weighted by Crippen LogP contribution is -2.59. The highest BCUT2D eigenvalue weighted by Gasteiger charge is 2.43. The van der Waals surface area contributed by atoms with Gasteiger partial charge in [-0.05, 0) is 32.4 Å². The molecule has 0 aromatic carbocycles. The Morgan fingerprint density at radius 3 is 2.26 bits per heavy atom. The number of hydrogen-bond acceptors (Lipinski definition) is 3. The molecule has 1 aliphatic rings. The summed E-state index contributed by atoms with van der Waals surface area (Å²) in [4.78, 5) is 0. The molecule has 19 heavy (non-hydrogen) atoms. The summed E-state index contributed by atoms with van der Waals surface area (Å²) in [6.07, 6.45) is -1.44. The van der Waals surface area contributed by atoms with Gasteiger partial charge in [0.1, 0.15) is 0 Å². The van der Waals surface area contributed by atoms with Gasteiger partial charge in [0.05, 0.1) is 0 Å². The van der Waals surface area contributed by atoms with E-state index in [1.165, 1.54) is 6.42 Å². The molecule has 0 amide bonds. The third-order valence-electron chi connectivity index (χ3n) is 3.54. The largest absolute Gasteiger partial charge is 0.427 e. The van der Waals surface area contributed by atoms with E-state index in [4.69, 9.17) is 8.85 Å². The van der Waals surface area contributed by atoms with Crippen molar-refractivity contribution in [2.24, 2.45) is 0 Å². The summed E-state index contributed by atoms with van der Waals surface area (Å²) >= 11 is 0. The molecule has 1 unspecified atom stereocenters. The maximum Gasteiger partial charge on any atom is 0.427 e. The number of alkyl halides is 3. The maximum absolute atomic E-state index is 12.1. The van der Waals surface area contributed by atoms with Crippen molar-refractivity contribution in [2.75, 3.05) is 26.8 Å². The molecule has 7 heteroatoms. The van der Waals surface area contributed by atoms with Crippen LogP contribution in [0.2, 0.25) is 6.04 Å². The van der Waals surface area contributed by atoms with Crippen molar-refractivity contribution in [3.05, 3.63) is 0 Å². The molecule has 1 rings (SSSR count). The first-order chi connectivity index (χ1) is 8.93. The topological polar surface area (TPSA) is 21.7 Å². The fourth-order valence-electron chi connectivity index (χ4n) is 2.49. The minimum atomic E-state index is -4.10. The Morgan fingerprint density at radius 1 is 1.16 bits per heavy atom. The number of hydrogen-bond donors (Lipinski definition) is 0. The van der Waals surface area contributed by atoms with E-state index in [9.17, 15) is 13.2 Å². The third-order valence-corrected chi connectivity index (χ3v) is 7.13. The molecule has 0 N–H and O–H groups in total. The summed E-state index contributed by atoms with van der Waals surface area (Å²) in [6.45, 7) is 4.00. The quantitative estimate of drug-likeness (QED) is 0.531. The zero-order valence-electron chi connectivity index (χ0n) is 11.8. The van der Waals surface area contributed by atoms with Gasteiger partial charge in [0.15, 0.2) is 0 Å². The Kier molecular flexibility index (Phi) is 6.79. The summed E-state index contributed by atoms with van der Waals surface area (Å²) in [7, 11) is -0.854. The number of nitrogens with zero attached hydrogens (tertiary/aromatic N) is 1. The lowest BCUT2D eigenvalue weighted by Gasteiger charge is -2.40. The smallest absolute Gasteiger partial charge is 0.386 e. The van der Waals surface area contributed by atoms with Gasteiger partial charge in [0.2, 0.25) is 0 Å². The van der Waals surface area contributed by atoms with Gasteiger partial charge < -0.3 is 8.85 Å². The predicted octanol–water partition coefficient (Wildman–Crippen LogP) is 3.44. The fraction of sp³-hybridized carbons (Fsp3) is 1.00. The molecule has 0 saturated carbocycles. The average Bonchev–Trinajstić information content (AvgIpc) is 2.39. The molecular weight excluding hydrogens is 275 g/mol. The Morgan fingerprint density at radius 2 is 1.79 bits per heavy atom. The molecule has 3 nitrogen and oxygen atoms in total. The molecular formula is C12H24F3NO2Si. The lowest BCUT2D eigenvalue weighted by molar-refractivity contribution is -0.137. The van der Waals surface area contributed by atoms with Gasteiger partial charge in [0.25, 0.3) is 0 Å². The van der Waals surface area contributed by atoms with Crippen molar-refractivity contribution in [3.8, 4) is 0 Å². The molecule has 0 spiro atoms. The van der Waals surface area contributed by atoms with E-state index in [0.29, 0.717) is 0 Å². The van der Waals surface area contributed by atoms with Gasteiger partial charge in [-0.2, -0.15) is 13.2 Å². The Hall–Kier alpha value is -0.113. The molecule has 0 aromatic heterocycles. The normalized spacial score (nSPS) is 21.3. The third kappa shape index (κ3) is 5.41. The van der Waals surface area contributed by atoms with Gasteiger partial charge in [-0.15, -0.1) is 0 Å². The van der Waals surface area contributed by atoms with Crippen LogP contribution >= 0.6 is 0 Å². The number of rotatable bonds is 7. The second-order valence-corrected chi connectivity index (χ2v) is 8.35. The monoisotopic (exact) mass is 299 g/mol. The van der Waals surface area contributed by atoms with E-state index in [1.54, 1.807) is 7.11 Å². The lowest BCUT2D eigenvalue weighted by atomic mass is 10.2. The maximum atomic E-state index is 12.1. The van der Waals surface area contributed by atoms with Crippen LogP contribution in [0.25, 0.3) is 0 Å². The molecule has 114 valence electrons. The predicted molar refractivity (Wildman–Crippen MR) is 69.9 cm³/mol. The summed E-state index contributed by atoms with van der Waals surface area (Å²) in [5.74, 6) is 0. The van der Waals surface area contributed by atoms with Gasteiger partial charge >= 0.3 is 14.9 Å². The first-order valence-corrected chi connectivity index (χ1v) is 8.91. The van der Waals surface area contributed by atoms with Gasteiger partial charge in [-0.1, -0.05) is 13.3 Å². The van der Waals surface area contributed by atoms with Crippen molar-refractivity contribution in [1.29, 1.82) is 0 Å². The Bertz CT molecular complexity index is 254. The molecule has 1 fully saturated rings. The van der Waals surface area contributed by atoms with Gasteiger partial charge in [-0.3, -0.25) is 4.57 Å². The van der Waals surface area contributed by atoms with Crippen molar-refractivity contribution in [3.63, 3.8) is 0 Å². The van der Waals surface area contributed by atoms with Crippen LogP contribution in [-0.4, -0.2) is 46.3 Å². The van der Waals surface area contributed by atoms with Crippen LogP contribution in [0.4, 0.5) is 13.2 Å². The fourth-order valence-corrected chi connectivity index (χ4v) is 5.45. The average molecular weight is 299 g/mol. The van der Waals surface area contributed by atoms with Crippen LogP contribution in [0.3, 0.4) is 0 Å². The SMILES string of the molecule is CC[Si](OC)(OCCCC(F)(F)F)N1CCCCC1. The van der Waals surface area contributed by atoms with Gasteiger partial charge in [0, 0.05) is 26.2 Å². The molecule has 1 saturated heterocycles. The molecule has 0 aromatic rings. The number of halogens is 3. The van der Waals surface area contributed by atoms with Crippen molar-refractivity contribution in [2.45, 2.75) is 51.2 Å². The van der Waals surface area contributed by atoms with Crippen LogP contribution < -0.4 is 0 Å². The van der Waals surface area contributed by atoms with Crippen LogP contribution in [0.1, 0.15) is 39.0 Å². The van der Waals surface area contributed by atoms with Crippen molar-refractivity contribution >= 4 is 8.72 Å².